The smallest absolute Gasteiger partial charge is 0.129 e. The van der Waals surface area contributed by atoms with Crippen molar-refractivity contribution in [3.05, 3.63) is 42.1 Å². The summed E-state index contributed by atoms with van der Waals surface area (Å²) in [7, 11) is 1.55. The molecule has 18 heavy (non-hydrogen) atoms. The minimum absolute atomic E-state index is 0.319. The van der Waals surface area contributed by atoms with Crippen LogP contribution < -0.4 is 4.74 Å². The number of halogens is 1. The average molecular weight is 264 g/mol. The van der Waals surface area contributed by atoms with E-state index in [1.54, 1.807) is 25.4 Å². The summed E-state index contributed by atoms with van der Waals surface area (Å²) in [5, 5.41) is 0. The molecule has 0 fully saturated rings. The third-order valence-electron chi connectivity index (χ3n) is 2.48. The Kier molecular flexibility index (Phi) is 4.15. The highest BCUT2D eigenvalue weighted by Crippen LogP contribution is 2.28. The number of thiol groups is 1. The van der Waals surface area contributed by atoms with Crippen molar-refractivity contribution in [3.63, 3.8) is 0 Å². The topological polar surface area (TPSA) is 35.0 Å². The molecule has 0 amide bonds. The second-order valence-corrected chi connectivity index (χ2v) is 4.12. The van der Waals surface area contributed by atoms with Crippen molar-refractivity contribution < 1.29 is 9.13 Å². The highest BCUT2D eigenvalue weighted by molar-refractivity contribution is 7.80. The van der Waals surface area contributed by atoms with Gasteiger partial charge in [0.2, 0.25) is 0 Å². The van der Waals surface area contributed by atoms with E-state index in [4.69, 9.17) is 4.74 Å². The number of aromatic nitrogens is 2. The Bertz CT molecular complexity index is 548. The van der Waals surface area contributed by atoms with Gasteiger partial charge in [-0.3, -0.25) is 0 Å². The summed E-state index contributed by atoms with van der Waals surface area (Å²) >= 11 is 4.14. The Morgan fingerprint density at radius 2 is 2.17 bits per heavy atom. The minimum Gasteiger partial charge on any atom is -0.496 e. The molecule has 0 radical (unpaired) electrons. The lowest BCUT2D eigenvalue weighted by Gasteiger charge is -2.08. The number of rotatable bonds is 4. The van der Waals surface area contributed by atoms with E-state index in [0.29, 0.717) is 35.0 Å². The van der Waals surface area contributed by atoms with Crippen molar-refractivity contribution in [2.75, 3.05) is 12.9 Å². The van der Waals surface area contributed by atoms with Gasteiger partial charge in [0, 0.05) is 18.2 Å². The lowest BCUT2D eigenvalue weighted by Crippen LogP contribution is -1.98. The number of hydrogen-bond acceptors (Lipinski definition) is 4. The van der Waals surface area contributed by atoms with Crippen LogP contribution in [0.1, 0.15) is 5.82 Å². The van der Waals surface area contributed by atoms with Gasteiger partial charge in [-0.2, -0.15) is 12.6 Å². The number of benzene rings is 1. The Labute approximate surface area is 110 Å². The monoisotopic (exact) mass is 264 g/mol. The van der Waals surface area contributed by atoms with E-state index < -0.39 is 0 Å². The first-order chi connectivity index (χ1) is 8.74. The van der Waals surface area contributed by atoms with Crippen LogP contribution in [0.25, 0.3) is 11.3 Å². The van der Waals surface area contributed by atoms with Crippen LogP contribution in [0.4, 0.5) is 4.39 Å². The van der Waals surface area contributed by atoms with Crippen LogP contribution in [0.2, 0.25) is 0 Å². The first-order valence-corrected chi connectivity index (χ1v) is 6.14. The molecule has 0 spiro atoms. The van der Waals surface area contributed by atoms with Crippen LogP contribution in [0, 0.1) is 5.82 Å². The molecule has 5 heteroatoms. The largest absolute Gasteiger partial charge is 0.496 e. The first-order valence-electron chi connectivity index (χ1n) is 5.51. The molecule has 94 valence electrons. The maximum atomic E-state index is 13.3. The molecule has 0 saturated heterocycles. The summed E-state index contributed by atoms with van der Waals surface area (Å²) in [6, 6.07) is 6.09. The van der Waals surface area contributed by atoms with Gasteiger partial charge in [-0.25, -0.2) is 14.4 Å². The molecule has 2 aromatic rings. The van der Waals surface area contributed by atoms with Crippen LogP contribution >= 0.6 is 12.6 Å². The summed E-state index contributed by atoms with van der Waals surface area (Å²) in [6.07, 6.45) is 2.33. The van der Waals surface area contributed by atoms with E-state index in [9.17, 15) is 4.39 Å². The summed E-state index contributed by atoms with van der Waals surface area (Å²) in [5.41, 5.74) is 1.28. The highest BCUT2D eigenvalue weighted by atomic mass is 32.1. The van der Waals surface area contributed by atoms with E-state index in [1.807, 2.05) is 0 Å². The zero-order valence-electron chi connectivity index (χ0n) is 9.93. The third kappa shape index (κ3) is 2.79. The molecule has 1 aromatic heterocycles. The standard InChI is InChI=1S/C13H13FN2OS/c1-17-12-3-2-9(14)8-10(12)11-4-6-15-13(16-11)5-7-18/h2-4,6,8,18H,5,7H2,1H3. The molecular weight excluding hydrogens is 251 g/mol. The zero-order valence-corrected chi connectivity index (χ0v) is 10.8. The maximum Gasteiger partial charge on any atom is 0.129 e. The Balaban J connectivity index is 2.47. The maximum absolute atomic E-state index is 13.3. The lowest BCUT2D eigenvalue weighted by atomic mass is 10.1. The van der Waals surface area contributed by atoms with E-state index in [1.165, 1.54) is 12.1 Å². The molecule has 0 aliphatic carbocycles. The Hall–Kier alpha value is -1.62. The van der Waals surface area contributed by atoms with Gasteiger partial charge in [-0.1, -0.05) is 0 Å². The van der Waals surface area contributed by atoms with Crippen molar-refractivity contribution >= 4 is 12.6 Å². The molecule has 0 atom stereocenters. The SMILES string of the molecule is COc1ccc(F)cc1-c1ccnc(CCS)n1. The summed E-state index contributed by atoms with van der Waals surface area (Å²) in [6.45, 7) is 0. The number of hydrogen-bond donors (Lipinski definition) is 1. The van der Waals surface area contributed by atoms with Crippen LogP contribution in [0.15, 0.2) is 30.5 Å². The van der Waals surface area contributed by atoms with Gasteiger partial charge in [0.1, 0.15) is 17.4 Å². The summed E-state index contributed by atoms with van der Waals surface area (Å²) < 4.78 is 18.5. The number of ether oxygens (including phenoxy) is 1. The zero-order chi connectivity index (χ0) is 13.0. The lowest BCUT2D eigenvalue weighted by molar-refractivity contribution is 0.415. The van der Waals surface area contributed by atoms with E-state index in [2.05, 4.69) is 22.6 Å². The number of methoxy groups -OCH3 is 1. The normalized spacial score (nSPS) is 10.4. The Morgan fingerprint density at radius 1 is 1.33 bits per heavy atom. The van der Waals surface area contributed by atoms with Crippen molar-refractivity contribution in [2.45, 2.75) is 6.42 Å². The molecule has 2 rings (SSSR count). The predicted octanol–water partition coefficient (Wildman–Crippen LogP) is 2.76. The molecule has 0 aliphatic heterocycles. The number of nitrogens with zero attached hydrogens (tertiary/aromatic N) is 2. The molecule has 0 unspecified atom stereocenters. The molecule has 3 nitrogen and oxygen atoms in total. The molecule has 1 aromatic carbocycles. The van der Waals surface area contributed by atoms with Crippen LogP contribution in [-0.2, 0) is 6.42 Å². The van der Waals surface area contributed by atoms with Gasteiger partial charge in [-0.15, -0.1) is 0 Å². The van der Waals surface area contributed by atoms with Crippen LogP contribution in [0.3, 0.4) is 0 Å². The molecule has 0 N–H and O–H groups in total. The van der Waals surface area contributed by atoms with Gasteiger partial charge >= 0.3 is 0 Å². The molecule has 1 heterocycles. The van der Waals surface area contributed by atoms with Gasteiger partial charge in [-0.05, 0) is 30.0 Å². The van der Waals surface area contributed by atoms with Crippen LogP contribution in [-0.4, -0.2) is 22.8 Å². The van der Waals surface area contributed by atoms with E-state index in [0.717, 1.165) is 0 Å². The summed E-state index contributed by atoms with van der Waals surface area (Å²) in [5.74, 6) is 1.63. The molecular formula is C13H13FN2OS. The second kappa shape index (κ2) is 5.82. The van der Waals surface area contributed by atoms with E-state index in [-0.39, 0.29) is 5.82 Å². The Morgan fingerprint density at radius 3 is 2.89 bits per heavy atom. The van der Waals surface area contributed by atoms with Crippen molar-refractivity contribution in [3.8, 4) is 17.0 Å². The fourth-order valence-electron chi connectivity index (χ4n) is 1.65. The summed E-state index contributed by atoms with van der Waals surface area (Å²) in [4.78, 5) is 8.51. The number of aryl methyl sites for hydroxylation is 1. The average Bonchev–Trinajstić information content (AvgIpc) is 2.39. The fraction of sp³-hybridized carbons (Fsp3) is 0.231. The van der Waals surface area contributed by atoms with E-state index >= 15 is 0 Å². The minimum atomic E-state index is -0.319. The van der Waals surface area contributed by atoms with Crippen LogP contribution in [0.5, 0.6) is 5.75 Å². The predicted molar refractivity (Wildman–Crippen MR) is 71.5 cm³/mol. The first kappa shape index (κ1) is 12.8. The second-order valence-electron chi connectivity index (χ2n) is 3.68. The van der Waals surface area contributed by atoms with Gasteiger partial charge in [0.15, 0.2) is 0 Å². The fourth-order valence-corrected chi connectivity index (χ4v) is 1.85. The third-order valence-corrected chi connectivity index (χ3v) is 2.70. The van der Waals surface area contributed by atoms with Crippen molar-refractivity contribution in [1.29, 1.82) is 0 Å². The highest BCUT2D eigenvalue weighted by Gasteiger charge is 2.09. The van der Waals surface area contributed by atoms with Gasteiger partial charge in [0.25, 0.3) is 0 Å². The van der Waals surface area contributed by atoms with Gasteiger partial charge < -0.3 is 4.74 Å². The van der Waals surface area contributed by atoms with Crippen molar-refractivity contribution in [1.82, 2.24) is 9.97 Å². The van der Waals surface area contributed by atoms with Gasteiger partial charge in [0.05, 0.1) is 12.8 Å². The molecule has 0 bridgehead atoms. The molecule has 0 saturated carbocycles. The van der Waals surface area contributed by atoms with Crippen molar-refractivity contribution in [2.24, 2.45) is 0 Å². The quantitative estimate of drug-likeness (QED) is 0.862. The molecule has 0 aliphatic rings.